The summed E-state index contributed by atoms with van der Waals surface area (Å²) in [6, 6.07) is 5.60. The van der Waals surface area contributed by atoms with Crippen LogP contribution in [0.2, 0.25) is 0 Å². The molecule has 0 amide bonds. The van der Waals surface area contributed by atoms with Gasteiger partial charge in [0, 0.05) is 29.2 Å². The number of nitrogens with one attached hydrogen (secondary N) is 1. The van der Waals surface area contributed by atoms with E-state index < -0.39 is 0 Å². The van der Waals surface area contributed by atoms with Gasteiger partial charge < -0.3 is 10.5 Å². The van der Waals surface area contributed by atoms with Gasteiger partial charge >= 0.3 is 0 Å². The summed E-state index contributed by atoms with van der Waals surface area (Å²) >= 11 is 10.1. The molecule has 1 aromatic heterocycles. The van der Waals surface area contributed by atoms with Crippen molar-refractivity contribution in [2.75, 3.05) is 11.8 Å². The molecule has 2 heterocycles. The molecule has 0 bridgehead atoms. The van der Waals surface area contributed by atoms with E-state index in [4.69, 9.17) is 23.2 Å². The molecule has 0 spiro atoms. The molecule has 0 saturated carbocycles. The van der Waals surface area contributed by atoms with Gasteiger partial charge in [-0.05, 0) is 23.4 Å². The summed E-state index contributed by atoms with van der Waals surface area (Å²) in [6.45, 7) is 0. The average molecular weight is 325 g/mol. The molecule has 2 aromatic rings. The first kappa shape index (κ1) is 15.4. The maximum atomic E-state index is 9.65. The van der Waals surface area contributed by atoms with Crippen molar-refractivity contribution < 1.29 is 5.21 Å². The lowest BCUT2D eigenvalue weighted by atomic mass is 10.1. The van der Waals surface area contributed by atoms with Crippen molar-refractivity contribution in [3.63, 3.8) is 0 Å². The summed E-state index contributed by atoms with van der Waals surface area (Å²) in [5.41, 5.74) is 2.99. The third kappa shape index (κ3) is 3.77. The summed E-state index contributed by atoms with van der Waals surface area (Å²) in [5, 5.41) is 20.3. The smallest absolute Gasteiger partial charge is 0.139 e. The normalized spacial score (nSPS) is 13.1. The molecule has 1 aromatic carbocycles. The first-order valence-corrected chi connectivity index (χ1v) is 7.31. The van der Waals surface area contributed by atoms with Crippen LogP contribution < -0.4 is 5.32 Å². The molecule has 0 atom stereocenters. The molecule has 5 nitrogen and oxygen atoms in total. The van der Waals surface area contributed by atoms with Crippen molar-refractivity contribution >= 4 is 39.9 Å². The van der Waals surface area contributed by atoms with Crippen LogP contribution >= 0.6 is 23.2 Å². The lowest BCUT2D eigenvalue weighted by Gasteiger charge is -2.07. The number of halogens is 2. The standard InChI is InChI=1S/C12H10N4O.C2H4Cl2/c17-16-12-9(5-4-7-11(12)14-15-16)10-6-2-1-3-8-13-10;3-1-2-4/h1-8,13,17H;1-2H2. The number of allylic oxidation sites excluding steroid dienone is 4. The lowest BCUT2D eigenvalue weighted by molar-refractivity contribution is 0.154. The summed E-state index contributed by atoms with van der Waals surface area (Å²) < 4.78 is 0. The highest BCUT2D eigenvalue weighted by Crippen LogP contribution is 2.22. The summed E-state index contributed by atoms with van der Waals surface area (Å²) in [4.78, 5) is 0.797. The Bertz CT molecular complexity index is 689. The topological polar surface area (TPSA) is 63.0 Å². The van der Waals surface area contributed by atoms with Crippen molar-refractivity contribution in [1.29, 1.82) is 0 Å². The van der Waals surface area contributed by atoms with E-state index in [2.05, 4.69) is 15.6 Å². The van der Waals surface area contributed by atoms with E-state index in [0.29, 0.717) is 22.8 Å². The zero-order valence-corrected chi connectivity index (χ0v) is 12.6. The van der Waals surface area contributed by atoms with Gasteiger partial charge in [-0.25, -0.2) is 0 Å². The number of aromatic nitrogens is 3. The van der Waals surface area contributed by atoms with Crippen molar-refractivity contribution in [3.8, 4) is 0 Å². The zero-order chi connectivity index (χ0) is 15.1. The molecule has 7 heteroatoms. The fraction of sp³-hybridized carbons (Fsp3) is 0.143. The lowest BCUT2D eigenvalue weighted by Crippen LogP contribution is -2.05. The van der Waals surface area contributed by atoms with Crippen LogP contribution in [0.4, 0.5) is 0 Å². The Morgan fingerprint density at radius 3 is 2.71 bits per heavy atom. The second kappa shape index (κ2) is 7.71. The van der Waals surface area contributed by atoms with Crippen LogP contribution in [0.3, 0.4) is 0 Å². The van der Waals surface area contributed by atoms with Crippen LogP contribution in [-0.2, 0) is 0 Å². The molecule has 1 aliphatic heterocycles. The van der Waals surface area contributed by atoms with Gasteiger partial charge in [0.15, 0.2) is 0 Å². The van der Waals surface area contributed by atoms with Gasteiger partial charge in [0.1, 0.15) is 11.0 Å². The molecule has 0 fully saturated rings. The van der Waals surface area contributed by atoms with Gasteiger partial charge in [0.2, 0.25) is 0 Å². The zero-order valence-electron chi connectivity index (χ0n) is 11.1. The first-order chi connectivity index (χ1) is 10.3. The number of hydrogen-bond acceptors (Lipinski definition) is 4. The van der Waals surface area contributed by atoms with Gasteiger partial charge in [-0.2, -0.15) is 0 Å². The van der Waals surface area contributed by atoms with Crippen LogP contribution in [-0.4, -0.2) is 32.1 Å². The molecule has 110 valence electrons. The number of alkyl halides is 2. The van der Waals surface area contributed by atoms with Crippen LogP contribution in [0.25, 0.3) is 16.7 Å². The van der Waals surface area contributed by atoms with Gasteiger partial charge in [0.25, 0.3) is 0 Å². The highest BCUT2D eigenvalue weighted by Gasteiger charge is 2.11. The maximum Gasteiger partial charge on any atom is 0.139 e. The maximum absolute atomic E-state index is 9.65. The van der Waals surface area contributed by atoms with E-state index in [1.165, 1.54) is 0 Å². The molecule has 21 heavy (non-hydrogen) atoms. The molecule has 0 aliphatic carbocycles. The van der Waals surface area contributed by atoms with E-state index in [9.17, 15) is 5.21 Å². The largest absolute Gasteiger partial charge is 0.410 e. The molecule has 0 unspecified atom stereocenters. The van der Waals surface area contributed by atoms with E-state index in [0.717, 1.165) is 16.1 Å². The molecular formula is C14H14Cl2N4O. The van der Waals surface area contributed by atoms with Crippen LogP contribution in [0.1, 0.15) is 5.56 Å². The third-order valence-electron chi connectivity index (χ3n) is 2.63. The van der Waals surface area contributed by atoms with Crippen LogP contribution in [0.15, 0.2) is 48.7 Å². The minimum Gasteiger partial charge on any atom is -0.410 e. The van der Waals surface area contributed by atoms with Crippen LogP contribution in [0.5, 0.6) is 0 Å². The number of rotatable bonds is 2. The van der Waals surface area contributed by atoms with Gasteiger partial charge in [-0.15, -0.1) is 28.3 Å². The van der Waals surface area contributed by atoms with Gasteiger partial charge in [-0.1, -0.05) is 29.1 Å². The highest BCUT2D eigenvalue weighted by atomic mass is 35.5. The Labute approximate surface area is 132 Å². The Morgan fingerprint density at radius 2 is 1.95 bits per heavy atom. The van der Waals surface area contributed by atoms with Gasteiger partial charge in [0.05, 0.1) is 0 Å². The van der Waals surface area contributed by atoms with E-state index >= 15 is 0 Å². The number of fused-ring (bicyclic) bond motifs is 1. The van der Waals surface area contributed by atoms with E-state index in [1.54, 1.807) is 0 Å². The van der Waals surface area contributed by atoms with Crippen molar-refractivity contribution in [1.82, 2.24) is 20.5 Å². The number of hydrogen-bond donors (Lipinski definition) is 2. The first-order valence-electron chi connectivity index (χ1n) is 6.24. The molecular weight excluding hydrogens is 311 g/mol. The van der Waals surface area contributed by atoms with Crippen molar-refractivity contribution in [2.45, 2.75) is 0 Å². The van der Waals surface area contributed by atoms with E-state index in [1.807, 2.05) is 48.7 Å². The predicted molar refractivity (Wildman–Crippen MR) is 85.5 cm³/mol. The molecule has 0 saturated heterocycles. The third-order valence-corrected chi connectivity index (χ3v) is 3.21. The average Bonchev–Trinajstić information content (AvgIpc) is 2.75. The fourth-order valence-electron chi connectivity index (χ4n) is 1.80. The minimum absolute atomic E-state index is 0.557. The quantitative estimate of drug-likeness (QED) is 0.658. The van der Waals surface area contributed by atoms with Gasteiger partial charge in [-0.3, -0.25) is 0 Å². The number of benzene rings is 1. The summed E-state index contributed by atoms with van der Waals surface area (Å²) in [7, 11) is 0. The number of nitrogens with zero attached hydrogens (tertiary/aromatic N) is 3. The molecule has 0 radical (unpaired) electrons. The molecule has 3 rings (SSSR count). The second-order valence-electron chi connectivity index (χ2n) is 4.00. The summed E-state index contributed by atoms with van der Waals surface area (Å²) in [5.74, 6) is 1.11. The molecule has 2 N–H and O–H groups in total. The Hall–Kier alpha value is -1.98. The second-order valence-corrected chi connectivity index (χ2v) is 4.75. The van der Waals surface area contributed by atoms with Crippen molar-refractivity contribution in [2.24, 2.45) is 0 Å². The Balaban J connectivity index is 0.000000361. The fourth-order valence-corrected chi connectivity index (χ4v) is 1.80. The molecule has 1 aliphatic rings. The predicted octanol–water partition coefficient (Wildman–Crippen LogP) is 3.15. The monoisotopic (exact) mass is 324 g/mol. The van der Waals surface area contributed by atoms with Crippen molar-refractivity contribution in [3.05, 3.63) is 54.3 Å². The SMILES string of the molecule is ClCCCl.On1nnc2cccc(C3=CC=CC=CN3)c21. The van der Waals surface area contributed by atoms with Crippen LogP contribution in [0, 0.1) is 0 Å². The Kier molecular flexibility index (Phi) is 5.66. The Morgan fingerprint density at radius 1 is 1.14 bits per heavy atom. The van der Waals surface area contributed by atoms with E-state index in [-0.39, 0.29) is 0 Å². The summed E-state index contributed by atoms with van der Waals surface area (Å²) in [6.07, 6.45) is 9.52. The highest BCUT2D eigenvalue weighted by molar-refractivity contribution is 6.25. The number of para-hydroxylation sites is 1. The minimum atomic E-state index is 0.557.